The van der Waals surface area contributed by atoms with Crippen molar-refractivity contribution in [3.05, 3.63) is 42.6 Å². The maximum atomic E-state index is 6.13. The highest BCUT2D eigenvalue weighted by Gasteiger charge is 2.16. The van der Waals surface area contributed by atoms with Crippen molar-refractivity contribution in [2.45, 2.75) is 0 Å². The van der Waals surface area contributed by atoms with Gasteiger partial charge in [-0.05, 0) is 6.07 Å². The zero-order valence-corrected chi connectivity index (χ0v) is 10.7. The number of benzene rings is 2. The second kappa shape index (κ2) is 4.16. The van der Waals surface area contributed by atoms with E-state index in [1.165, 1.54) is 0 Å². The van der Waals surface area contributed by atoms with E-state index in [2.05, 4.69) is 5.10 Å². The second-order valence-corrected chi connectivity index (χ2v) is 4.67. The predicted octanol–water partition coefficient (Wildman–Crippen LogP) is 2.38. The molecule has 20 heavy (non-hydrogen) atoms. The minimum atomic E-state index is 0.552. The van der Waals surface area contributed by atoms with Gasteiger partial charge in [0.25, 0.3) is 0 Å². The van der Waals surface area contributed by atoms with Gasteiger partial charge in [-0.1, -0.05) is 18.2 Å². The summed E-state index contributed by atoms with van der Waals surface area (Å²) in [6.45, 7) is 1.10. The largest absolute Gasteiger partial charge is 0.486 e. The van der Waals surface area contributed by atoms with Gasteiger partial charge in [0.15, 0.2) is 11.5 Å². The van der Waals surface area contributed by atoms with Crippen molar-refractivity contribution in [2.24, 2.45) is 0 Å². The Balaban J connectivity index is 1.93. The maximum absolute atomic E-state index is 6.13. The predicted molar refractivity (Wildman–Crippen MR) is 76.5 cm³/mol. The molecule has 4 rings (SSSR count). The number of hydrogen-bond donors (Lipinski definition) is 1. The quantitative estimate of drug-likeness (QED) is 0.688. The highest BCUT2D eigenvalue weighted by atomic mass is 16.6. The fourth-order valence-corrected chi connectivity index (χ4v) is 2.44. The van der Waals surface area contributed by atoms with Crippen LogP contribution in [0.2, 0.25) is 0 Å². The number of fused-ring (bicyclic) bond motifs is 2. The normalized spacial score (nSPS) is 13.6. The van der Waals surface area contributed by atoms with Gasteiger partial charge >= 0.3 is 0 Å². The van der Waals surface area contributed by atoms with Gasteiger partial charge in [0.05, 0.1) is 23.1 Å². The summed E-state index contributed by atoms with van der Waals surface area (Å²) in [5, 5.41) is 5.49. The van der Waals surface area contributed by atoms with E-state index in [-0.39, 0.29) is 0 Å². The molecule has 2 N–H and O–H groups in total. The molecule has 0 spiro atoms. The van der Waals surface area contributed by atoms with E-state index in [9.17, 15) is 0 Å². The van der Waals surface area contributed by atoms with Crippen molar-refractivity contribution in [1.29, 1.82) is 0 Å². The molecule has 1 aromatic heterocycles. The van der Waals surface area contributed by atoms with Crippen LogP contribution >= 0.6 is 0 Å². The monoisotopic (exact) mass is 267 g/mol. The number of rotatable bonds is 1. The summed E-state index contributed by atoms with van der Waals surface area (Å²) >= 11 is 0. The third-order valence-corrected chi connectivity index (χ3v) is 3.40. The highest BCUT2D eigenvalue weighted by Crippen LogP contribution is 2.36. The molecule has 5 nitrogen and oxygen atoms in total. The average molecular weight is 267 g/mol. The van der Waals surface area contributed by atoms with Gasteiger partial charge in [0.1, 0.15) is 13.2 Å². The summed E-state index contributed by atoms with van der Waals surface area (Å²) in [7, 11) is 0. The molecule has 0 unspecified atom stereocenters. The number of nitrogens with zero attached hydrogens (tertiary/aromatic N) is 2. The molecule has 2 heterocycles. The van der Waals surface area contributed by atoms with E-state index >= 15 is 0 Å². The summed E-state index contributed by atoms with van der Waals surface area (Å²) in [5.41, 5.74) is 8.56. The minimum Gasteiger partial charge on any atom is -0.486 e. The van der Waals surface area contributed by atoms with Crippen LogP contribution < -0.4 is 15.2 Å². The van der Waals surface area contributed by atoms with Crippen molar-refractivity contribution in [2.75, 3.05) is 18.9 Å². The maximum Gasteiger partial charge on any atom is 0.163 e. The van der Waals surface area contributed by atoms with Gasteiger partial charge < -0.3 is 15.2 Å². The molecule has 0 radical (unpaired) electrons. The number of anilines is 1. The Morgan fingerprint density at radius 3 is 2.65 bits per heavy atom. The summed E-state index contributed by atoms with van der Waals surface area (Å²) in [5.74, 6) is 1.40. The highest BCUT2D eigenvalue weighted by molar-refractivity contribution is 5.82. The Kier molecular flexibility index (Phi) is 2.32. The topological polar surface area (TPSA) is 62.3 Å². The van der Waals surface area contributed by atoms with E-state index in [1.807, 2.05) is 41.2 Å². The van der Waals surface area contributed by atoms with E-state index in [4.69, 9.17) is 15.2 Å². The molecule has 100 valence electrons. The third-order valence-electron chi connectivity index (χ3n) is 3.40. The third kappa shape index (κ3) is 1.60. The minimum absolute atomic E-state index is 0.552. The number of para-hydroxylation sites is 1. The summed E-state index contributed by atoms with van der Waals surface area (Å²) in [6, 6.07) is 11.7. The summed E-state index contributed by atoms with van der Waals surface area (Å²) in [4.78, 5) is 0. The smallest absolute Gasteiger partial charge is 0.163 e. The molecule has 5 heteroatoms. The van der Waals surface area contributed by atoms with Crippen molar-refractivity contribution in [3.8, 4) is 17.2 Å². The van der Waals surface area contributed by atoms with Crippen LogP contribution in [0.4, 0.5) is 5.69 Å². The van der Waals surface area contributed by atoms with E-state index < -0.39 is 0 Å². The van der Waals surface area contributed by atoms with E-state index in [0.29, 0.717) is 30.4 Å². The number of hydrogen-bond acceptors (Lipinski definition) is 4. The van der Waals surface area contributed by atoms with Gasteiger partial charge in [0, 0.05) is 17.5 Å². The molecule has 1 aliphatic rings. The number of nitrogens with two attached hydrogens (primary N) is 1. The zero-order valence-electron chi connectivity index (χ0n) is 10.7. The number of aromatic nitrogens is 2. The van der Waals surface area contributed by atoms with Gasteiger partial charge in [-0.15, -0.1) is 0 Å². The molecule has 0 atom stereocenters. The average Bonchev–Trinajstić information content (AvgIpc) is 2.90. The van der Waals surface area contributed by atoms with E-state index in [0.717, 1.165) is 16.6 Å². The molecule has 1 aliphatic heterocycles. The van der Waals surface area contributed by atoms with Gasteiger partial charge in [-0.25, -0.2) is 4.68 Å². The molecule has 3 aromatic rings. The molecule has 0 saturated heterocycles. The SMILES string of the molecule is Nc1cc2c(cc1-n1ncc3ccccc31)OCCO2. The zero-order chi connectivity index (χ0) is 13.5. The van der Waals surface area contributed by atoms with Crippen LogP contribution in [0.3, 0.4) is 0 Å². The Bertz CT molecular complexity index is 795. The first-order chi connectivity index (χ1) is 9.83. The lowest BCUT2D eigenvalue weighted by Crippen LogP contribution is -2.16. The Hall–Kier alpha value is -2.69. The van der Waals surface area contributed by atoms with Gasteiger partial charge in [0.2, 0.25) is 0 Å². The van der Waals surface area contributed by atoms with Crippen molar-refractivity contribution >= 4 is 16.6 Å². The van der Waals surface area contributed by atoms with Crippen LogP contribution in [0, 0.1) is 0 Å². The van der Waals surface area contributed by atoms with Crippen LogP contribution in [-0.4, -0.2) is 23.0 Å². The first-order valence-corrected chi connectivity index (χ1v) is 6.45. The van der Waals surface area contributed by atoms with Gasteiger partial charge in [-0.3, -0.25) is 0 Å². The van der Waals surface area contributed by atoms with Crippen molar-refractivity contribution in [3.63, 3.8) is 0 Å². The molecule has 0 saturated carbocycles. The number of ether oxygens (including phenoxy) is 2. The van der Waals surface area contributed by atoms with Crippen LogP contribution in [0.25, 0.3) is 16.6 Å². The fraction of sp³-hybridized carbons (Fsp3) is 0.133. The lowest BCUT2D eigenvalue weighted by atomic mass is 10.2. The Morgan fingerprint density at radius 1 is 1.05 bits per heavy atom. The van der Waals surface area contributed by atoms with Crippen LogP contribution in [-0.2, 0) is 0 Å². The molecular weight excluding hydrogens is 254 g/mol. The van der Waals surface area contributed by atoms with Crippen LogP contribution in [0.5, 0.6) is 11.5 Å². The van der Waals surface area contributed by atoms with E-state index in [1.54, 1.807) is 6.07 Å². The van der Waals surface area contributed by atoms with Crippen LogP contribution in [0.15, 0.2) is 42.6 Å². The first kappa shape index (κ1) is 11.2. The molecule has 0 amide bonds. The summed E-state index contributed by atoms with van der Waals surface area (Å²) in [6.07, 6.45) is 1.82. The first-order valence-electron chi connectivity index (χ1n) is 6.45. The molecule has 0 bridgehead atoms. The number of nitrogen functional groups attached to an aromatic ring is 1. The fourth-order valence-electron chi connectivity index (χ4n) is 2.44. The van der Waals surface area contributed by atoms with Crippen molar-refractivity contribution < 1.29 is 9.47 Å². The van der Waals surface area contributed by atoms with Crippen molar-refractivity contribution in [1.82, 2.24) is 9.78 Å². The molecule has 0 aliphatic carbocycles. The second-order valence-electron chi connectivity index (χ2n) is 4.67. The Labute approximate surface area is 115 Å². The molecule has 2 aromatic carbocycles. The van der Waals surface area contributed by atoms with Crippen LogP contribution in [0.1, 0.15) is 0 Å². The Morgan fingerprint density at radius 2 is 1.80 bits per heavy atom. The molecular formula is C15H13N3O2. The lowest BCUT2D eigenvalue weighted by molar-refractivity contribution is 0.171. The van der Waals surface area contributed by atoms with Gasteiger partial charge in [-0.2, -0.15) is 5.10 Å². The molecule has 0 fully saturated rings. The summed E-state index contributed by atoms with van der Waals surface area (Å²) < 4.78 is 13.0. The lowest BCUT2D eigenvalue weighted by Gasteiger charge is -2.20. The standard InChI is InChI=1S/C15H13N3O2/c16-11-7-14-15(20-6-5-19-14)8-13(11)18-12-4-2-1-3-10(12)9-17-18/h1-4,7-9H,5-6,16H2.